The van der Waals surface area contributed by atoms with E-state index in [-0.39, 0.29) is 0 Å². The summed E-state index contributed by atoms with van der Waals surface area (Å²) in [5, 5.41) is 1.25. The molecule has 3 nitrogen and oxygen atoms in total. The standard InChI is InChI=1S/C17H19IN2O/c1-3-12(18)10-20-9-8-14-13-6-4-5-7-15(13)19-16(14)17(20,2)11-21/h3-7,11,19H,8-10H2,1-2H3/b12-3-. The highest BCUT2D eigenvalue weighted by Crippen LogP contribution is 2.38. The zero-order valence-electron chi connectivity index (χ0n) is 12.3. The molecule has 2 heterocycles. The highest BCUT2D eigenvalue weighted by Gasteiger charge is 2.40. The SMILES string of the molecule is C/C=C(\I)CN1CCc2c([nH]c3ccccc23)C1(C)C=O. The molecule has 0 amide bonds. The lowest BCUT2D eigenvalue weighted by atomic mass is 9.87. The molecule has 1 atom stereocenters. The zero-order chi connectivity index (χ0) is 15.0. The summed E-state index contributed by atoms with van der Waals surface area (Å²) in [6.45, 7) is 5.79. The summed E-state index contributed by atoms with van der Waals surface area (Å²) < 4.78 is 1.26. The molecule has 1 N–H and O–H groups in total. The normalized spacial score (nSPS) is 23.3. The van der Waals surface area contributed by atoms with Crippen molar-refractivity contribution in [2.75, 3.05) is 13.1 Å². The van der Waals surface area contributed by atoms with Gasteiger partial charge in [0.25, 0.3) is 0 Å². The third-order valence-corrected chi connectivity index (χ3v) is 5.46. The Kier molecular flexibility index (Phi) is 3.92. The monoisotopic (exact) mass is 394 g/mol. The van der Waals surface area contributed by atoms with E-state index in [1.165, 1.54) is 14.5 Å². The molecule has 0 fully saturated rings. The van der Waals surface area contributed by atoms with E-state index in [1.54, 1.807) is 0 Å². The Morgan fingerprint density at radius 3 is 2.95 bits per heavy atom. The van der Waals surface area contributed by atoms with Gasteiger partial charge in [0.1, 0.15) is 11.8 Å². The second-order valence-electron chi connectivity index (χ2n) is 5.70. The van der Waals surface area contributed by atoms with Crippen LogP contribution >= 0.6 is 22.6 Å². The molecule has 1 aliphatic heterocycles. The van der Waals surface area contributed by atoms with E-state index in [4.69, 9.17) is 0 Å². The van der Waals surface area contributed by atoms with Gasteiger partial charge in [-0.25, -0.2) is 0 Å². The first-order chi connectivity index (χ1) is 10.1. The Labute approximate surface area is 138 Å². The van der Waals surface area contributed by atoms with Gasteiger partial charge in [-0.3, -0.25) is 4.90 Å². The number of allylic oxidation sites excluding steroid dienone is 1. The Bertz CT molecular complexity index is 719. The number of aldehydes is 1. The summed E-state index contributed by atoms with van der Waals surface area (Å²) in [6.07, 6.45) is 4.17. The lowest BCUT2D eigenvalue weighted by Gasteiger charge is -2.41. The van der Waals surface area contributed by atoms with Crippen molar-refractivity contribution in [1.82, 2.24) is 9.88 Å². The minimum absolute atomic E-state index is 0.577. The van der Waals surface area contributed by atoms with Gasteiger partial charge in [0.2, 0.25) is 0 Å². The first kappa shape index (κ1) is 14.8. The number of carbonyl (C=O) groups is 1. The van der Waals surface area contributed by atoms with Gasteiger partial charge in [0.05, 0.1) is 0 Å². The van der Waals surface area contributed by atoms with Crippen LogP contribution in [0.15, 0.2) is 33.9 Å². The maximum atomic E-state index is 11.9. The molecule has 1 aliphatic rings. The maximum absolute atomic E-state index is 11.9. The number of hydrogen-bond donors (Lipinski definition) is 1. The molecule has 1 aromatic carbocycles. The number of nitrogens with zero attached hydrogens (tertiary/aromatic N) is 1. The summed E-state index contributed by atoms with van der Waals surface area (Å²) in [6, 6.07) is 8.31. The van der Waals surface area contributed by atoms with Crippen LogP contribution in [0.4, 0.5) is 0 Å². The molecular formula is C17H19IN2O. The van der Waals surface area contributed by atoms with Crippen LogP contribution < -0.4 is 0 Å². The first-order valence-electron chi connectivity index (χ1n) is 7.22. The van der Waals surface area contributed by atoms with Crippen LogP contribution in [0.25, 0.3) is 10.9 Å². The Hall–Kier alpha value is -1.14. The van der Waals surface area contributed by atoms with Crippen LogP contribution in [0.2, 0.25) is 0 Å². The fourth-order valence-electron chi connectivity index (χ4n) is 3.18. The average Bonchev–Trinajstić information content (AvgIpc) is 2.90. The first-order valence-corrected chi connectivity index (χ1v) is 8.30. The van der Waals surface area contributed by atoms with Gasteiger partial charge >= 0.3 is 0 Å². The Morgan fingerprint density at radius 1 is 1.48 bits per heavy atom. The van der Waals surface area contributed by atoms with Gasteiger partial charge in [-0.15, -0.1) is 0 Å². The molecule has 110 valence electrons. The number of fused-ring (bicyclic) bond motifs is 3. The number of hydrogen-bond acceptors (Lipinski definition) is 2. The molecule has 0 saturated heterocycles. The molecule has 2 aromatic rings. The zero-order valence-corrected chi connectivity index (χ0v) is 14.5. The summed E-state index contributed by atoms with van der Waals surface area (Å²) in [5.74, 6) is 0. The summed E-state index contributed by atoms with van der Waals surface area (Å²) in [5.41, 5.74) is 2.90. The maximum Gasteiger partial charge on any atom is 0.146 e. The molecule has 21 heavy (non-hydrogen) atoms. The van der Waals surface area contributed by atoms with Crippen LogP contribution in [-0.4, -0.2) is 29.3 Å². The third-order valence-electron chi connectivity index (χ3n) is 4.49. The van der Waals surface area contributed by atoms with E-state index in [9.17, 15) is 4.79 Å². The second kappa shape index (κ2) is 5.57. The minimum atomic E-state index is -0.577. The van der Waals surface area contributed by atoms with E-state index in [2.05, 4.69) is 56.7 Å². The number of H-pyrrole nitrogens is 1. The molecule has 0 aliphatic carbocycles. The Balaban J connectivity index is 2.12. The lowest BCUT2D eigenvalue weighted by Crippen LogP contribution is -2.50. The molecule has 1 unspecified atom stereocenters. The van der Waals surface area contributed by atoms with Gasteiger partial charge in [-0.1, -0.05) is 24.3 Å². The molecule has 0 radical (unpaired) electrons. The van der Waals surface area contributed by atoms with E-state index >= 15 is 0 Å². The quantitative estimate of drug-likeness (QED) is 0.636. The summed E-state index contributed by atoms with van der Waals surface area (Å²) in [4.78, 5) is 17.7. The molecule has 0 saturated carbocycles. The fourth-order valence-corrected chi connectivity index (χ4v) is 3.59. The topological polar surface area (TPSA) is 36.1 Å². The van der Waals surface area contributed by atoms with E-state index < -0.39 is 5.54 Å². The molecule has 1 aromatic heterocycles. The van der Waals surface area contributed by atoms with Crippen LogP contribution in [0, 0.1) is 0 Å². The number of rotatable bonds is 3. The largest absolute Gasteiger partial charge is 0.356 e. The van der Waals surface area contributed by atoms with Crippen molar-refractivity contribution in [2.45, 2.75) is 25.8 Å². The smallest absolute Gasteiger partial charge is 0.146 e. The van der Waals surface area contributed by atoms with Gasteiger partial charge in [0, 0.05) is 33.3 Å². The number of benzene rings is 1. The van der Waals surface area contributed by atoms with Gasteiger partial charge in [-0.2, -0.15) is 0 Å². The van der Waals surface area contributed by atoms with Crippen molar-refractivity contribution in [3.05, 3.63) is 45.2 Å². The third kappa shape index (κ3) is 2.34. The molecule has 0 bridgehead atoms. The van der Waals surface area contributed by atoms with Crippen molar-refractivity contribution in [2.24, 2.45) is 0 Å². The number of para-hydroxylation sites is 1. The van der Waals surface area contributed by atoms with Crippen LogP contribution in [-0.2, 0) is 16.8 Å². The van der Waals surface area contributed by atoms with Crippen LogP contribution in [0.1, 0.15) is 25.1 Å². The number of halogens is 1. The minimum Gasteiger partial charge on any atom is -0.356 e. The molecule has 3 rings (SSSR count). The van der Waals surface area contributed by atoms with Crippen molar-refractivity contribution < 1.29 is 4.79 Å². The van der Waals surface area contributed by atoms with E-state index in [0.29, 0.717) is 0 Å². The number of aromatic nitrogens is 1. The van der Waals surface area contributed by atoms with Crippen molar-refractivity contribution in [3.8, 4) is 0 Å². The van der Waals surface area contributed by atoms with Gasteiger partial charge < -0.3 is 9.78 Å². The molecule has 0 spiro atoms. The van der Waals surface area contributed by atoms with Crippen LogP contribution in [0.3, 0.4) is 0 Å². The summed E-state index contributed by atoms with van der Waals surface area (Å²) >= 11 is 2.35. The highest BCUT2D eigenvalue weighted by atomic mass is 127. The molecule has 4 heteroatoms. The molecular weight excluding hydrogens is 375 g/mol. The van der Waals surface area contributed by atoms with Crippen LogP contribution in [0.5, 0.6) is 0 Å². The predicted molar refractivity (Wildman–Crippen MR) is 94.8 cm³/mol. The van der Waals surface area contributed by atoms with Crippen molar-refractivity contribution >= 4 is 39.8 Å². The second-order valence-corrected chi connectivity index (χ2v) is 7.08. The van der Waals surface area contributed by atoms with E-state index in [1.807, 2.05) is 19.9 Å². The van der Waals surface area contributed by atoms with E-state index in [0.717, 1.165) is 37.0 Å². The average molecular weight is 394 g/mol. The lowest BCUT2D eigenvalue weighted by molar-refractivity contribution is -0.118. The summed E-state index contributed by atoms with van der Waals surface area (Å²) in [7, 11) is 0. The van der Waals surface area contributed by atoms with Crippen molar-refractivity contribution in [1.29, 1.82) is 0 Å². The van der Waals surface area contributed by atoms with Gasteiger partial charge in [-0.05, 0) is 54.5 Å². The number of carbonyl (C=O) groups excluding carboxylic acids is 1. The predicted octanol–water partition coefficient (Wildman–Crippen LogP) is 3.78. The van der Waals surface area contributed by atoms with Crippen molar-refractivity contribution in [3.63, 3.8) is 0 Å². The number of nitrogens with one attached hydrogen (secondary N) is 1. The highest BCUT2D eigenvalue weighted by molar-refractivity contribution is 14.1. The fraction of sp³-hybridized carbons (Fsp3) is 0.353. The van der Waals surface area contributed by atoms with Gasteiger partial charge in [0.15, 0.2) is 0 Å². The Morgan fingerprint density at radius 2 is 2.24 bits per heavy atom. The number of aromatic amines is 1.